The Morgan fingerprint density at radius 1 is 0.875 bits per heavy atom. The van der Waals surface area contributed by atoms with Crippen molar-refractivity contribution in [1.82, 2.24) is 19.8 Å². The van der Waals surface area contributed by atoms with E-state index >= 15 is 0 Å². The van der Waals surface area contributed by atoms with E-state index in [4.69, 9.17) is 9.97 Å². The van der Waals surface area contributed by atoms with Crippen LogP contribution in [0.4, 0.5) is 5.82 Å². The van der Waals surface area contributed by atoms with Crippen LogP contribution in [-0.4, -0.2) is 65.6 Å². The first-order chi connectivity index (χ1) is 15.7. The Hall–Kier alpha value is -2.50. The third-order valence-corrected chi connectivity index (χ3v) is 7.29. The monoisotopic (exact) mass is 429 g/mol. The van der Waals surface area contributed by atoms with E-state index in [9.17, 15) is 0 Å². The molecule has 168 valence electrons. The van der Waals surface area contributed by atoms with Gasteiger partial charge in [-0.1, -0.05) is 42.5 Å². The van der Waals surface area contributed by atoms with Crippen LogP contribution in [0, 0.1) is 12.8 Å². The lowest BCUT2D eigenvalue weighted by Crippen LogP contribution is -2.50. The summed E-state index contributed by atoms with van der Waals surface area (Å²) in [6.07, 6.45) is 2.67. The van der Waals surface area contributed by atoms with Crippen molar-refractivity contribution in [2.45, 2.75) is 32.7 Å². The molecule has 0 amide bonds. The Labute approximate surface area is 192 Å². The fraction of sp³-hybridized carbons (Fsp3) is 0.481. The van der Waals surface area contributed by atoms with Crippen LogP contribution in [0.5, 0.6) is 0 Å². The quantitative estimate of drug-likeness (QED) is 0.595. The smallest absolute Gasteiger partial charge is 0.150 e. The number of piperidine rings is 1. The minimum absolute atomic E-state index is 0.505. The van der Waals surface area contributed by atoms with Crippen molar-refractivity contribution < 1.29 is 0 Å². The SMILES string of the molecule is Cc1nc2ccccc2nc1N1CCN(C[C@H]2CCCN([C@H](C)c3ccccc3)C2)CC1. The number of likely N-dealkylation sites (tertiary alicyclic amines) is 1. The van der Waals surface area contributed by atoms with E-state index in [-0.39, 0.29) is 0 Å². The molecule has 5 heteroatoms. The highest BCUT2D eigenvalue weighted by molar-refractivity contribution is 5.76. The molecule has 2 aliphatic rings. The van der Waals surface area contributed by atoms with Crippen LogP contribution in [0.1, 0.15) is 37.1 Å². The van der Waals surface area contributed by atoms with Crippen LogP contribution in [0.15, 0.2) is 54.6 Å². The fourth-order valence-corrected chi connectivity index (χ4v) is 5.43. The van der Waals surface area contributed by atoms with Gasteiger partial charge in [0.1, 0.15) is 0 Å². The molecule has 2 saturated heterocycles. The maximum absolute atomic E-state index is 4.94. The van der Waals surface area contributed by atoms with Gasteiger partial charge in [-0.25, -0.2) is 9.97 Å². The van der Waals surface area contributed by atoms with Gasteiger partial charge in [-0.15, -0.1) is 0 Å². The largest absolute Gasteiger partial charge is 0.353 e. The second kappa shape index (κ2) is 9.55. The molecule has 5 rings (SSSR count). The maximum Gasteiger partial charge on any atom is 0.150 e. The van der Waals surface area contributed by atoms with Gasteiger partial charge in [-0.2, -0.15) is 0 Å². The van der Waals surface area contributed by atoms with E-state index in [1.54, 1.807) is 0 Å². The Morgan fingerprint density at radius 2 is 1.56 bits per heavy atom. The second-order valence-corrected chi connectivity index (χ2v) is 9.50. The zero-order chi connectivity index (χ0) is 21.9. The highest BCUT2D eigenvalue weighted by atomic mass is 15.3. The van der Waals surface area contributed by atoms with Crippen molar-refractivity contribution in [3.8, 4) is 0 Å². The highest BCUT2D eigenvalue weighted by Gasteiger charge is 2.27. The molecule has 0 radical (unpaired) electrons. The maximum atomic E-state index is 4.94. The normalized spacial score (nSPS) is 21.7. The van der Waals surface area contributed by atoms with Crippen molar-refractivity contribution >= 4 is 16.9 Å². The Morgan fingerprint density at radius 3 is 2.31 bits per heavy atom. The predicted molar refractivity (Wildman–Crippen MR) is 132 cm³/mol. The van der Waals surface area contributed by atoms with Gasteiger partial charge in [0.15, 0.2) is 5.82 Å². The number of benzene rings is 2. The number of hydrogen-bond donors (Lipinski definition) is 0. The Kier molecular flexibility index (Phi) is 6.37. The molecule has 0 spiro atoms. The van der Waals surface area contributed by atoms with Crippen LogP contribution < -0.4 is 4.90 Å². The lowest BCUT2D eigenvalue weighted by molar-refractivity contribution is 0.102. The first-order valence-corrected chi connectivity index (χ1v) is 12.2. The molecule has 32 heavy (non-hydrogen) atoms. The van der Waals surface area contributed by atoms with Gasteiger partial charge in [0.25, 0.3) is 0 Å². The summed E-state index contributed by atoms with van der Waals surface area (Å²) in [6, 6.07) is 19.7. The Bertz CT molecular complexity index is 1030. The highest BCUT2D eigenvalue weighted by Crippen LogP contribution is 2.28. The molecule has 0 bridgehead atoms. The van der Waals surface area contributed by atoms with Crippen LogP contribution in [-0.2, 0) is 0 Å². The van der Waals surface area contributed by atoms with Crippen molar-refractivity contribution in [3.05, 3.63) is 65.9 Å². The van der Waals surface area contributed by atoms with E-state index in [1.807, 2.05) is 18.2 Å². The molecule has 2 aromatic carbocycles. The van der Waals surface area contributed by atoms with Gasteiger partial charge in [0.05, 0.1) is 16.7 Å². The lowest BCUT2D eigenvalue weighted by atomic mass is 9.94. The predicted octanol–water partition coefficient (Wildman–Crippen LogP) is 4.53. The number of para-hydroxylation sites is 2. The van der Waals surface area contributed by atoms with E-state index in [2.05, 4.69) is 64.9 Å². The van der Waals surface area contributed by atoms with Gasteiger partial charge in [0.2, 0.25) is 0 Å². The first-order valence-electron chi connectivity index (χ1n) is 12.2. The number of rotatable bonds is 5. The molecular formula is C27H35N5. The van der Waals surface area contributed by atoms with E-state index < -0.39 is 0 Å². The summed E-state index contributed by atoms with van der Waals surface area (Å²) in [7, 11) is 0. The molecule has 3 heterocycles. The zero-order valence-electron chi connectivity index (χ0n) is 19.5. The number of piperazine rings is 1. The van der Waals surface area contributed by atoms with Crippen LogP contribution in [0.2, 0.25) is 0 Å². The molecule has 0 unspecified atom stereocenters. The Balaban J connectivity index is 1.17. The van der Waals surface area contributed by atoms with Gasteiger partial charge >= 0.3 is 0 Å². The molecule has 2 atom stereocenters. The van der Waals surface area contributed by atoms with Crippen LogP contribution in [0.3, 0.4) is 0 Å². The lowest BCUT2D eigenvalue weighted by Gasteiger charge is -2.41. The summed E-state index contributed by atoms with van der Waals surface area (Å²) < 4.78 is 0. The summed E-state index contributed by atoms with van der Waals surface area (Å²) >= 11 is 0. The molecular weight excluding hydrogens is 394 g/mol. The molecule has 0 saturated carbocycles. The van der Waals surface area contributed by atoms with Crippen molar-refractivity contribution in [2.75, 3.05) is 50.7 Å². The van der Waals surface area contributed by atoms with E-state index in [0.717, 1.165) is 54.6 Å². The number of anilines is 1. The average molecular weight is 430 g/mol. The van der Waals surface area contributed by atoms with E-state index in [0.29, 0.717) is 6.04 Å². The summed E-state index contributed by atoms with van der Waals surface area (Å²) in [5.74, 6) is 1.83. The summed E-state index contributed by atoms with van der Waals surface area (Å²) in [4.78, 5) is 17.5. The summed E-state index contributed by atoms with van der Waals surface area (Å²) in [5, 5.41) is 0. The number of aryl methyl sites for hydroxylation is 1. The molecule has 3 aromatic rings. The van der Waals surface area contributed by atoms with E-state index in [1.165, 1.54) is 38.0 Å². The molecule has 1 aromatic heterocycles. The molecule has 0 aliphatic carbocycles. The standard InChI is InChI=1S/C27H35N5/c1-21-27(29-26-13-7-6-12-25(26)28-21)31-17-15-30(16-18-31)19-23-9-8-14-32(20-23)22(2)24-10-4-3-5-11-24/h3-7,10-13,22-23H,8-9,14-20H2,1-2H3/t22-,23-/m1/s1. The van der Waals surface area contributed by atoms with Crippen molar-refractivity contribution in [3.63, 3.8) is 0 Å². The van der Waals surface area contributed by atoms with Crippen LogP contribution >= 0.6 is 0 Å². The molecule has 2 fully saturated rings. The summed E-state index contributed by atoms with van der Waals surface area (Å²) in [5.41, 5.74) is 4.45. The third-order valence-electron chi connectivity index (χ3n) is 7.29. The van der Waals surface area contributed by atoms with Gasteiger partial charge in [-0.3, -0.25) is 9.80 Å². The second-order valence-electron chi connectivity index (χ2n) is 9.50. The number of nitrogens with zero attached hydrogens (tertiary/aromatic N) is 5. The third kappa shape index (κ3) is 4.64. The summed E-state index contributed by atoms with van der Waals surface area (Å²) in [6.45, 7) is 12.4. The van der Waals surface area contributed by atoms with Crippen molar-refractivity contribution in [1.29, 1.82) is 0 Å². The topological polar surface area (TPSA) is 35.5 Å². The van der Waals surface area contributed by atoms with Crippen molar-refractivity contribution in [2.24, 2.45) is 5.92 Å². The van der Waals surface area contributed by atoms with Gasteiger partial charge in [-0.05, 0) is 56.8 Å². The van der Waals surface area contributed by atoms with Crippen LogP contribution in [0.25, 0.3) is 11.0 Å². The number of fused-ring (bicyclic) bond motifs is 1. The first kappa shape index (κ1) is 21.4. The van der Waals surface area contributed by atoms with Gasteiger partial charge in [0, 0.05) is 45.3 Å². The zero-order valence-corrected chi connectivity index (χ0v) is 19.5. The molecule has 2 aliphatic heterocycles. The molecule has 0 N–H and O–H groups in total. The minimum Gasteiger partial charge on any atom is -0.353 e. The number of aromatic nitrogens is 2. The minimum atomic E-state index is 0.505. The van der Waals surface area contributed by atoms with Gasteiger partial charge < -0.3 is 4.90 Å². The average Bonchev–Trinajstić information content (AvgIpc) is 2.84. The fourth-order valence-electron chi connectivity index (χ4n) is 5.43. The molecule has 5 nitrogen and oxygen atoms in total. The number of hydrogen-bond acceptors (Lipinski definition) is 5.